The summed E-state index contributed by atoms with van der Waals surface area (Å²) in [6.07, 6.45) is 11.5. The van der Waals surface area contributed by atoms with Crippen LogP contribution in [0.5, 0.6) is 0 Å². The van der Waals surface area contributed by atoms with Gasteiger partial charge < -0.3 is 0 Å². The van der Waals surface area contributed by atoms with Crippen LogP contribution in [0.2, 0.25) is 0 Å². The molecule has 7 atom stereocenters. The molecule has 0 radical (unpaired) electrons. The fourth-order valence-electron chi connectivity index (χ4n) is 4.53. The SMILES string of the molecule is CCCCCCC(C(C)CC1CC1C)C(C)C(C)C(C)CC. The highest BCUT2D eigenvalue weighted by Crippen LogP contribution is 2.46. The number of hydrogen-bond donors (Lipinski definition) is 0. The molecule has 7 unspecified atom stereocenters. The Morgan fingerprint density at radius 3 is 2.00 bits per heavy atom. The molecule has 0 spiro atoms. The summed E-state index contributed by atoms with van der Waals surface area (Å²) in [5.74, 6) is 6.59. The van der Waals surface area contributed by atoms with Crippen molar-refractivity contribution in [2.75, 3.05) is 0 Å². The second-order valence-electron chi connectivity index (χ2n) is 8.80. The van der Waals surface area contributed by atoms with Crippen LogP contribution in [0.25, 0.3) is 0 Å². The summed E-state index contributed by atoms with van der Waals surface area (Å²) in [7, 11) is 0. The fourth-order valence-corrected chi connectivity index (χ4v) is 4.53. The predicted octanol–water partition coefficient (Wildman–Crippen LogP) is 7.57. The van der Waals surface area contributed by atoms with Crippen molar-refractivity contribution in [3.63, 3.8) is 0 Å². The largest absolute Gasteiger partial charge is 0.0654 e. The number of rotatable bonds is 12. The van der Waals surface area contributed by atoms with E-state index in [9.17, 15) is 0 Å². The van der Waals surface area contributed by atoms with Crippen molar-refractivity contribution in [3.8, 4) is 0 Å². The van der Waals surface area contributed by atoms with Crippen LogP contribution in [0.15, 0.2) is 0 Å². The summed E-state index contributed by atoms with van der Waals surface area (Å²) in [5, 5.41) is 0. The minimum atomic E-state index is 0.875. The second-order valence-corrected chi connectivity index (χ2v) is 8.80. The Balaban J connectivity index is 2.58. The summed E-state index contributed by atoms with van der Waals surface area (Å²) >= 11 is 0. The van der Waals surface area contributed by atoms with E-state index in [-0.39, 0.29) is 0 Å². The smallest absolute Gasteiger partial charge is 0.0360 e. The Labute approximate surface area is 141 Å². The Morgan fingerprint density at radius 2 is 1.50 bits per heavy atom. The van der Waals surface area contributed by atoms with E-state index < -0.39 is 0 Å². The van der Waals surface area contributed by atoms with Crippen LogP contribution in [0.1, 0.15) is 99.8 Å². The van der Waals surface area contributed by atoms with Crippen molar-refractivity contribution in [1.82, 2.24) is 0 Å². The van der Waals surface area contributed by atoms with Gasteiger partial charge in [0.15, 0.2) is 0 Å². The molecule has 0 aliphatic heterocycles. The molecule has 1 saturated carbocycles. The molecule has 0 heterocycles. The van der Waals surface area contributed by atoms with Crippen LogP contribution < -0.4 is 0 Å². The van der Waals surface area contributed by atoms with E-state index in [1.165, 1.54) is 51.4 Å². The lowest BCUT2D eigenvalue weighted by molar-refractivity contribution is 0.133. The molecule has 0 aromatic rings. The second kappa shape index (κ2) is 9.99. The molecule has 0 heteroatoms. The molecule has 0 nitrogen and oxygen atoms in total. The van der Waals surface area contributed by atoms with E-state index in [0.29, 0.717) is 0 Å². The first-order valence-electron chi connectivity index (χ1n) is 10.4. The molecule has 0 amide bonds. The molecule has 0 saturated heterocycles. The Morgan fingerprint density at radius 1 is 0.864 bits per heavy atom. The van der Waals surface area contributed by atoms with Crippen LogP contribution in [0.3, 0.4) is 0 Å². The zero-order chi connectivity index (χ0) is 16.7. The molecule has 0 aromatic carbocycles. The summed E-state index contributed by atoms with van der Waals surface area (Å²) in [5.41, 5.74) is 0. The topological polar surface area (TPSA) is 0 Å². The van der Waals surface area contributed by atoms with Gasteiger partial charge in [-0.1, -0.05) is 80.6 Å². The van der Waals surface area contributed by atoms with Crippen LogP contribution in [-0.2, 0) is 0 Å². The van der Waals surface area contributed by atoms with Crippen LogP contribution >= 0.6 is 0 Å². The van der Waals surface area contributed by atoms with Crippen molar-refractivity contribution >= 4 is 0 Å². The molecule has 1 fully saturated rings. The molecular weight excluding hydrogens is 264 g/mol. The zero-order valence-corrected chi connectivity index (χ0v) is 16.7. The zero-order valence-electron chi connectivity index (χ0n) is 16.7. The Hall–Kier alpha value is 0. The molecule has 132 valence electrons. The highest BCUT2D eigenvalue weighted by atomic mass is 14.4. The van der Waals surface area contributed by atoms with Crippen molar-refractivity contribution < 1.29 is 0 Å². The van der Waals surface area contributed by atoms with Gasteiger partial charge in [-0.15, -0.1) is 0 Å². The van der Waals surface area contributed by atoms with Gasteiger partial charge >= 0.3 is 0 Å². The van der Waals surface area contributed by atoms with E-state index >= 15 is 0 Å². The third-order valence-corrected chi connectivity index (χ3v) is 7.12. The van der Waals surface area contributed by atoms with Gasteiger partial charge in [0.25, 0.3) is 0 Å². The normalized spacial score (nSPS) is 28.0. The first-order chi connectivity index (χ1) is 10.4. The maximum absolute atomic E-state index is 2.56. The van der Waals surface area contributed by atoms with Gasteiger partial charge in [0.2, 0.25) is 0 Å². The minimum absolute atomic E-state index is 0.875. The van der Waals surface area contributed by atoms with Gasteiger partial charge in [-0.2, -0.15) is 0 Å². The molecule has 1 rings (SSSR count). The molecular formula is C22H44. The Kier molecular flexibility index (Phi) is 9.10. The van der Waals surface area contributed by atoms with Crippen molar-refractivity contribution in [2.24, 2.45) is 41.4 Å². The maximum atomic E-state index is 2.56. The number of hydrogen-bond acceptors (Lipinski definition) is 0. The van der Waals surface area contributed by atoms with E-state index in [1.54, 1.807) is 0 Å². The molecule has 0 bridgehead atoms. The van der Waals surface area contributed by atoms with Crippen molar-refractivity contribution in [2.45, 2.75) is 99.8 Å². The summed E-state index contributed by atoms with van der Waals surface area (Å²) in [6, 6.07) is 0. The molecule has 1 aliphatic rings. The molecule has 22 heavy (non-hydrogen) atoms. The molecule has 1 aliphatic carbocycles. The number of unbranched alkanes of at least 4 members (excludes halogenated alkanes) is 3. The van der Waals surface area contributed by atoms with Gasteiger partial charge in [-0.25, -0.2) is 0 Å². The lowest BCUT2D eigenvalue weighted by Gasteiger charge is -2.36. The van der Waals surface area contributed by atoms with Gasteiger partial charge in [0, 0.05) is 0 Å². The summed E-state index contributed by atoms with van der Waals surface area (Å²) in [4.78, 5) is 0. The average Bonchev–Trinajstić information content (AvgIpc) is 3.19. The molecule has 0 N–H and O–H groups in total. The van der Waals surface area contributed by atoms with Gasteiger partial charge in [0.1, 0.15) is 0 Å². The maximum Gasteiger partial charge on any atom is -0.0360 e. The highest BCUT2D eigenvalue weighted by Gasteiger charge is 2.37. The Bertz CT molecular complexity index is 282. The van der Waals surface area contributed by atoms with E-state index in [4.69, 9.17) is 0 Å². The van der Waals surface area contributed by atoms with E-state index in [2.05, 4.69) is 48.5 Å². The van der Waals surface area contributed by atoms with E-state index in [1.807, 2.05) is 0 Å². The summed E-state index contributed by atoms with van der Waals surface area (Å²) in [6.45, 7) is 17.2. The molecule has 0 aromatic heterocycles. The van der Waals surface area contributed by atoms with Gasteiger partial charge in [0.05, 0.1) is 0 Å². The van der Waals surface area contributed by atoms with Gasteiger partial charge in [-0.05, 0) is 60.7 Å². The van der Waals surface area contributed by atoms with Crippen LogP contribution in [0.4, 0.5) is 0 Å². The first-order valence-corrected chi connectivity index (χ1v) is 10.4. The highest BCUT2D eigenvalue weighted by molar-refractivity contribution is 4.87. The van der Waals surface area contributed by atoms with Crippen LogP contribution in [0, 0.1) is 41.4 Å². The minimum Gasteiger partial charge on any atom is -0.0654 e. The standard InChI is InChI=1S/C22H44/c1-8-10-11-12-13-22(18(5)15-21-14-17(21)4)20(7)19(6)16(3)9-2/h16-22H,8-15H2,1-7H3. The predicted molar refractivity (Wildman–Crippen MR) is 101 cm³/mol. The lowest BCUT2D eigenvalue weighted by atomic mass is 9.69. The first kappa shape index (κ1) is 20.0. The van der Waals surface area contributed by atoms with Gasteiger partial charge in [-0.3, -0.25) is 0 Å². The monoisotopic (exact) mass is 308 g/mol. The quantitative estimate of drug-likeness (QED) is 0.326. The average molecular weight is 309 g/mol. The van der Waals surface area contributed by atoms with Crippen molar-refractivity contribution in [1.29, 1.82) is 0 Å². The third kappa shape index (κ3) is 6.25. The summed E-state index contributed by atoms with van der Waals surface area (Å²) < 4.78 is 0. The lowest BCUT2D eigenvalue weighted by Crippen LogP contribution is -2.28. The fraction of sp³-hybridized carbons (Fsp3) is 1.00. The van der Waals surface area contributed by atoms with Crippen molar-refractivity contribution in [3.05, 3.63) is 0 Å². The van der Waals surface area contributed by atoms with Crippen LogP contribution in [-0.4, -0.2) is 0 Å². The third-order valence-electron chi connectivity index (χ3n) is 7.12. The van der Waals surface area contributed by atoms with E-state index in [0.717, 1.165) is 41.4 Å².